The van der Waals surface area contributed by atoms with E-state index in [1.54, 1.807) is 10.9 Å². The number of benzene rings is 2. The van der Waals surface area contributed by atoms with Crippen molar-refractivity contribution in [3.63, 3.8) is 0 Å². The van der Waals surface area contributed by atoms with Crippen LogP contribution in [0.1, 0.15) is 36.6 Å². The highest BCUT2D eigenvalue weighted by molar-refractivity contribution is 5.92. The number of fused-ring (bicyclic) bond motifs is 1. The number of hydrogen-bond donors (Lipinski definition) is 0. The first-order valence-electron chi connectivity index (χ1n) is 9.45. The Bertz CT molecular complexity index is 1210. The molecule has 4 nitrogen and oxygen atoms in total. The lowest BCUT2D eigenvalue weighted by Crippen LogP contribution is -2.23. The largest absolute Gasteiger partial charge is 0.280 e. The van der Waals surface area contributed by atoms with Gasteiger partial charge in [-0.25, -0.2) is 0 Å². The average Bonchev–Trinajstić information content (AvgIpc) is 3.11. The van der Waals surface area contributed by atoms with Gasteiger partial charge in [0, 0.05) is 30.2 Å². The van der Waals surface area contributed by atoms with Gasteiger partial charge in [-0.15, -0.1) is 0 Å². The lowest BCUT2D eigenvalue weighted by atomic mass is 10.0. The first-order chi connectivity index (χ1) is 13.5. The molecule has 0 fully saturated rings. The Hall–Kier alpha value is -3.40. The second-order valence-corrected chi connectivity index (χ2v) is 7.29. The topological polar surface area (TPSA) is 39.8 Å². The number of para-hydroxylation sites is 1. The lowest BCUT2D eigenvalue weighted by Gasteiger charge is -2.18. The van der Waals surface area contributed by atoms with Crippen LogP contribution < -0.4 is 5.56 Å². The maximum absolute atomic E-state index is 13.6. The predicted molar refractivity (Wildman–Crippen MR) is 116 cm³/mol. The van der Waals surface area contributed by atoms with E-state index < -0.39 is 0 Å². The standard InChI is InChI=1S/C24H23N3O/c1-17(2)22-14-20-9-7-8-19(13-12-18-15-25-26(3)16-18)23(20)24(28)27(22)21-10-5-4-6-11-21/h4-17H,1-3H3/b13-12+. The fourth-order valence-electron chi connectivity index (χ4n) is 3.53. The van der Waals surface area contributed by atoms with E-state index in [0.717, 1.165) is 33.3 Å². The van der Waals surface area contributed by atoms with Crippen molar-refractivity contribution < 1.29 is 0 Å². The Morgan fingerprint density at radius 1 is 1.00 bits per heavy atom. The Morgan fingerprint density at radius 3 is 2.46 bits per heavy atom. The first kappa shape index (κ1) is 18.0. The monoisotopic (exact) mass is 369 g/mol. The van der Waals surface area contributed by atoms with Crippen molar-refractivity contribution in [1.82, 2.24) is 14.3 Å². The molecule has 0 atom stereocenters. The molecule has 0 aliphatic rings. The molecule has 4 heteroatoms. The summed E-state index contributed by atoms with van der Waals surface area (Å²) < 4.78 is 3.61. The molecule has 140 valence electrons. The number of rotatable bonds is 4. The van der Waals surface area contributed by atoms with Crippen LogP contribution in [0.2, 0.25) is 0 Å². The van der Waals surface area contributed by atoms with Crippen molar-refractivity contribution >= 4 is 22.9 Å². The van der Waals surface area contributed by atoms with Crippen molar-refractivity contribution in [1.29, 1.82) is 0 Å². The van der Waals surface area contributed by atoms with Crippen LogP contribution in [0.4, 0.5) is 0 Å². The van der Waals surface area contributed by atoms with Crippen molar-refractivity contribution in [3.05, 3.63) is 94.2 Å². The fraction of sp³-hybridized carbons (Fsp3) is 0.167. The van der Waals surface area contributed by atoms with Gasteiger partial charge in [0.25, 0.3) is 5.56 Å². The van der Waals surface area contributed by atoms with E-state index >= 15 is 0 Å². The number of aromatic nitrogens is 3. The molecule has 0 bridgehead atoms. The minimum absolute atomic E-state index is 0.0128. The molecule has 0 saturated carbocycles. The van der Waals surface area contributed by atoms with Crippen molar-refractivity contribution in [2.45, 2.75) is 19.8 Å². The number of aryl methyl sites for hydroxylation is 1. The second kappa shape index (κ2) is 7.31. The fourth-order valence-corrected chi connectivity index (χ4v) is 3.53. The zero-order valence-corrected chi connectivity index (χ0v) is 16.3. The Labute approximate surface area is 164 Å². The number of hydrogen-bond acceptors (Lipinski definition) is 2. The third-order valence-corrected chi connectivity index (χ3v) is 4.89. The van der Waals surface area contributed by atoms with Crippen LogP contribution in [0.3, 0.4) is 0 Å². The zero-order valence-electron chi connectivity index (χ0n) is 16.3. The van der Waals surface area contributed by atoms with E-state index in [1.165, 1.54) is 0 Å². The van der Waals surface area contributed by atoms with Gasteiger partial charge in [0.1, 0.15) is 0 Å². The highest BCUT2D eigenvalue weighted by Crippen LogP contribution is 2.24. The molecule has 0 N–H and O–H groups in total. The van der Waals surface area contributed by atoms with E-state index in [-0.39, 0.29) is 11.5 Å². The second-order valence-electron chi connectivity index (χ2n) is 7.29. The minimum Gasteiger partial charge on any atom is -0.280 e. The van der Waals surface area contributed by atoms with Gasteiger partial charge in [-0.3, -0.25) is 14.0 Å². The summed E-state index contributed by atoms with van der Waals surface area (Å²) in [7, 11) is 1.89. The summed E-state index contributed by atoms with van der Waals surface area (Å²) in [5.41, 5.74) is 3.83. The molecule has 2 aromatic heterocycles. The summed E-state index contributed by atoms with van der Waals surface area (Å²) in [6.45, 7) is 4.23. The van der Waals surface area contributed by atoms with E-state index in [4.69, 9.17) is 0 Å². The first-order valence-corrected chi connectivity index (χ1v) is 9.45. The van der Waals surface area contributed by atoms with Crippen LogP contribution in [0.15, 0.2) is 71.8 Å². The van der Waals surface area contributed by atoms with Crippen LogP contribution in [0, 0.1) is 0 Å². The molecule has 0 unspecified atom stereocenters. The number of pyridine rings is 1. The van der Waals surface area contributed by atoms with E-state index in [0.29, 0.717) is 0 Å². The van der Waals surface area contributed by atoms with Crippen molar-refractivity contribution in [2.75, 3.05) is 0 Å². The Balaban J connectivity index is 1.97. The molecule has 4 rings (SSSR count). The summed E-state index contributed by atoms with van der Waals surface area (Å²) in [5.74, 6) is 0.229. The van der Waals surface area contributed by atoms with Gasteiger partial charge in [0.15, 0.2) is 0 Å². The molecule has 0 aliphatic carbocycles. The summed E-state index contributed by atoms with van der Waals surface area (Å²) in [6, 6.07) is 18.0. The molecular weight excluding hydrogens is 346 g/mol. The van der Waals surface area contributed by atoms with Gasteiger partial charge in [-0.1, -0.05) is 62.4 Å². The van der Waals surface area contributed by atoms with Gasteiger partial charge in [0.2, 0.25) is 0 Å². The minimum atomic E-state index is 0.0128. The smallest absolute Gasteiger partial charge is 0.263 e. The Morgan fingerprint density at radius 2 is 1.79 bits per heavy atom. The molecule has 0 radical (unpaired) electrons. The van der Waals surface area contributed by atoms with Crippen LogP contribution in [-0.2, 0) is 7.05 Å². The van der Waals surface area contributed by atoms with Gasteiger partial charge in [0.05, 0.1) is 11.6 Å². The van der Waals surface area contributed by atoms with Gasteiger partial charge in [-0.05, 0) is 35.1 Å². The van der Waals surface area contributed by atoms with Gasteiger partial charge in [-0.2, -0.15) is 5.10 Å². The third kappa shape index (κ3) is 3.29. The normalized spacial score (nSPS) is 11.7. The predicted octanol–water partition coefficient (Wildman–Crippen LogP) is 5.02. The molecule has 2 heterocycles. The quantitative estimate of drug-likeness (QED) is 0.507. The average molecular weight is 369 g/mol. The van der Waals surface area contributed by atoms with Crippen LogP contribution in [0.25, 0.3) is 28.6 Å². The van der Waals surface area contributed by atoms with Gasteiger partial charge < -0.3 is 0 Å². The van der Waals surface area contributed by atoms with Crippen LogP contribution in [-0.4, -0.2) is 14.3 Å². The summed E-state index contributed by atoms with van der Waals surface area (Å²) in [4.78, 5) is 13.6. The Kier molecular flexibility index (Phi) is 4.70. The van der Waals surface area contributed by atoms with E-state index in [9.17, 15) is 4.79 Å². The van der Waals surface area contributed by atoms with Crippen molar-refractivity contribution in [2.24, 2.45) is 7.05 Å². The van der Waals surface area contributed by atoms with E-state index in [2.05, 4.69) is 25.0 Å². The van der Waals surface area contributed by atoms with Crippen LogP contribution in [0.5, 0.6) is 0 Å². The molecule has 0 saturated heterocycles. The third-order valence-electron chi connectivity index (χ3n) is 4.89. The van der Waals surface area contributed by atoms with E-state index in [1.807, 2.05) is 78.5 Å². The SMILES string of the molecule is CC(C)c1cc2cccc(/C=C/c3cnn(C)c3)c2c(=O)n1-c1ccccc1. The number of nitrogens with zero attached hydrogens (tertiary/aromatic N) is 3. The van der Waals surface area contributed by atoms with Crippen molar-refractivity contribution in [3.8, 4) is 5.69 Å². The molecule has 4 aromatic rings. The highest BCUT2D eigenvalue weighted by Gasteiger charge is 2.15. The van der Waals surface area contributed by atoms with Crippen LogP contribution >= 0.6 is 0 Å². The summed E-state index contributed by atoms with van der Waals surface area (Å²) in [5, 5.41) is 5.89. The summed E-state index contributed by atoms with van der Waals surface area (Å²) in [6.07, 6.45) is 7.73. The van der Waals surface area contributed by atoms with Gasteiger partial charge >= 0.3 is 0 Å². The molecular formula is C24H23N3O. The molecule has 2 aromatic carbocycles. The zero-order chi connectivity index (χ0) is 19.7. The maximum atomic E-state index is 13.6. The lowest BCUT2D eigenvalue weighted by molar-refractivity contribution is 0.765. The molecule has 0 amide bonds. The molecule has 0 spiro atoms. The molecule has 0 aliphatic heterocycles. The highest BCUT2D eigenvalue weighted by atomic mass is 16.1. The summed E-state index contributed by atoms with van der Waals surface area (Å²) >= 11 is 0. The molecule has 28 heavy (non-hydrogen) atoms. The maximum Gasteiger partial charge on any atom is 0.263 e.